The first kappa shape index (κ1) is 13.3. The van der Waals surface area contributed by atoms with Gasteiger partial charge in [0.15, 0.2) is 5.96 Å². The normalized spacial score (nSPS) is 18.7. The quantitative estimate of drug-likeness (QED) is 0.544. The van der Waals surface area contributed by atoms with E-state index in [0.717, 1.165) is 19.0 Å². The van der Waals surface area contributed by atoms with Gasteiger partial charge < -0.3 is 16.0 Å². The van der Waals surface area contributed by atoms with Gasteiger partial charge in [-0.05, 0) is 46.7 Å². The molecule has 0 atom stereocenters. The summed E-state index contributed by atoms with van der Waals surface area (Å²) in [6.45, 7) is 6.03. The average Bonchev–Trinajstić information content (AvgIpc) is 2.12. The molecular weight excluding hydrogens is 200 g/mol. The third kappa shape index (κ3) is 4.00. The van der Waals surface area contributed by atoms with Crippen LogP contribution in [0.1, 0.15) is 33.1 Å². The molecule has 0 spiro atoms. The number of nitrogens with zero attached hydrogens (tertiary/aromatic N) is 2. The Bertz CT molecular complexity index is 241. The fraction of sp³-hybridized carbons (Fsp3) is 0.917. The van der Waals surface area contributed by atoms with Crippen molar-refractivity contribution < 1.29 is 0 Å². The molecule has 3 N–H and O–H groups in total. The molecule has 0 aliphatic heterocycles. The Balaban J connectivity index is 2.26. The molecule has 0 aromatic carbocycles. The van der Waals surface area contributed by atoms with Crippen LogP contribution in [0.2, 0.25) is 0 Å². The van der Waals surface area contributed by atoms with E-state index in [1.54, 1.807) is 0 Å². The number of aliphatic imine (C=N–C) groups is 1. The van der Waals surface area contributed by atoms with E-state index in [1.165, 1.54) is 19.3 Å². The van der Waals surface area contributed by atoms with Crippen molar-refractivity contribution in [3.8, 4) is 0 Å². The SMILES string of the molecule is CN(C)C(C)(C)CN=C(N)NCC1CCC1. The van der Waals surface area contributed by atoms with Gasteiger partial charge in [0.05, 0.1) is 6.54 Å². The molecule has 1 rings (SSSR count). The zero-order valence-electron chi connectivity index (χ0n) is 11.1. The Labute approximate surface area is 99.3 Å². The molecule has 16 heavy (non-hydrogen) atoms. The predicted molar refractivity (Wildman–Crippen MR) is 69.6 cm³/mol. The van der Waals surface area contributed by atoms with Gasteiger partial charge in [-0.3, -0.25) is 4.99 Å². The highest BCUT2D eigenvalue weighted by Crippen LogP contribution is 2.24. The van der Waals surface area contributed by atoms with Crippen LogP contribution in [-0.2, 0) is 0 Å². The van der Waals surface area contributed by atoms with Gasteiger partial charge in [0.1, 0.15) is 0 Å². The van der Waals surface area contributed by atoms with Gasteiger partial charge in [-0.25, -0.2) is 0 Å². The maximum atomic E-state index is 5.83. The number of likely N-dealkylation sites (N-methyl/N-ethyl adjacent to an activating group) is 1. The predicted octanol–water partition coefficient (Wildman–Crippen LogP) is 1.03. The summed E-state index contributed by atoms with van der Waals surface area (Å²) in [5.74, 6) is 1.40. The molecule has 0 unspecified atom stereocenters. The fourth-order valence-electron chi connectivity index (χ4n) is 1.42. The van der Waals surface area contributed by atoms with Crippen LogP contribution in [0.25, 0.3) is 0 Å². The van der Waals surface area contributed by atoms with Gasteiger partial charge >= 0.3 is 0 Å². The second-order valence-electron chi connectivity index (χ2n) is 5.59. The third-order valence-corrected chi connectivity index (χ3v) is 3.64. The molecule has 4 heteroatoms. The maximum Gasteiger partial charge on any atom is 0.188 e. The first-order chi connectivity index (χ1) is 7.42. The summed E-state index contributed by atoms with van der Waals surface area (Å²) in [5.41, 5.74) is 5.89. The zero-order valence-corrected chi connectivity index (χ0v) is 11.1. The summed E-state index contributed by atoms with van der Waals surface area (Å²) < 4.78 is 0. The van der Waals surface area contributed by atoms with E-state index >= 15 is 0 Å². The van der Waals surface area contributed by atoms with Crippen molar-refractivity contribution in [3.63, 3.8) is 0 Å². The van der Waals surface area contributed by atoms with Crippen LogP contribution in [0.15, 0.2) is 4.99 Å². The van der Waals surface area contributed by atoms with E-state index in [1.807, 2.05) is 0 Å². The number of nitrogens with one attached hydrogen (secondary N) is 1. The molecule has 0 aromatic heterocycles. The van der Waals surface area contributed by atoms with Gasteiger partial charge in [0, 0.05) is 12.1 Å². The summed E-state index contributed by atoms with van der Waals surface area (Å²) in [5, 5.41) is 3.21. The summed E-state index contributed by atoms with van der Waals surface area (Å²) in [7, 11) is 4.13. The second-order valence-corrected chi connectivity index (χ2v) is 5.59. The van der Waals surface area contributed by atoms with Crippen LogP contribution >= 0.6 is 0 Å². The molecule has 0 saturated heterocycles. The van der Waals surface area contributed by atoms with Gasteiger partial charge in [-0.15, -0.1) is 0 Å². The van der Waals surface area contributed by atoms with Crippen molar-refractivity contribution >= 4 is 5.96 Å². The lowest BCUT2D eigenvalue weighted by Gasteiger charge is -2.31. The van der Waals surface area contributed by atoms with E-state index in [9.17, 15) is 0 Å². The topological polar surface area (TPSA) is 53.6 Å². The van der Waals surface area contributed by atoms with Gasteiger partial charge in [0.2, 0.25) is 0 Å². The average molecular weight is 226 g/mol. The summed E-state index contributed by atoms with van der Waals surface area (Å²) >= 11 is 0. The first-order valence-corrected chi connectivity index (χ1v) is 6.13. The Morgan fingerprint density at radius 2 is 2.06 bits per heavy atom. The lowest BCUT2D eigenvalue weighted by Crippen LogP contribution is -2.43. The number of rotatable bonds is 5. The highest BCUT2D eigenvalue weighted by molar-refractivity contribution is 5.77. The molecular formula is C12H26N4. The highest BCUT2D eigenvalue weighted by Gasteiger charge is 2.20. The van der Waals surface area contributed by atoms with E-state index in [2.05, 4.69) is 43.2 Å². The monoisotopic (exact) mass is 226 g/mol. The number of guanidine groups is 1. The Morgan fingerprint density at radius 3 is 2.50 bits per heavy atom. The molecule has 0 amide bonds. The van der Waals surface area contributed by atoms with Crippen LogP contribution in [0.4, 0.5) is 0 Å². The molecule has 4 nitrogen and oxygen atoms in total. The van der Waals surface area contributed by atoms with E-state index < -0.39 is 0 Å². The maximum absolute atomic E-state index is 5.83. The number of nitrogens with two attached hydrogens (primary N) is 1. The van der Waals surface area contributed by atoms with Gasteiger partial charge in [-0.1, -0.05) is 6.42 Å². The van der Waals surface area contributed by atoms with Crippen molar-refractivity contribution in [2.75, 3.05) is 27.2 Å². The van der Waals surface area contributed by atoms with E-state index in [-0.39, 0.29) is 5.54 Å². The molecule has 1 fully saturated rings. The lowest BCUT2D eigenvalue weighted by atomic mass is 9.85. The molecule has 1 aliphatic rings. The number of hydrogen-bond donors (Lipinski definition) is 2. The van der Waals surface area contributed by atoms with Crippen molar-refractivity contribution in [1.82, 2.24) is 10.2 Å². The van der Waals surface area contributed by atoms with Gasteiger partial charge in [0.25, 0.3) is 0 Å². The third-order valence-electron chi connectivity index (χ3n) is 3.64. The standard InChI is InChI=1S/C12H26N4/c1-12(2,16(3)4)9-15-11(13)14-8-10-6-5-7-10/h10H,5-9H2,1-4H3,(H3,13,14,15). The Morgan fingerprint density at radius 1 is 1.44 bits per heavy atom. The first-order valence-electron chi connectivity index (χ1n) is 6.13. The molecule has 94 valence electrons. The molecule has 0 bridgehead atoms. The van der Waals surface area contributed by atoms with Crippen molar-refractivity contribution in [2.45, 2.75) is 38.6 Å². The molecule has 1 saturated carbocycles. The zero-order chi connectivity index (χ0) is 12.2. The minimum Gasteiger partial charge on any atom is -0.370 e. The van der Waals surface area contributed by atoms with Crippen molar-refractivity contribution in [3.05, 3.63) is 0 Å². The second kappa shape index (κ2) is 5.53. The Kier molecular flexibility index (Phi) is 4.59. The van der Waals surface area contributed by atoms with Crippen LogP contribution < -0.4 is 11.1 Å². The van der Waals surface area contributed by atoms with Crippen LogP contribution in [0, 0.1) is 5.92 Å². The minimum atomic E-state index is 0.0583. The fourth-order valence-corrected chi connectivity index (χ4v) is 1.42. The van der Waals surface area contributed by atoms with E-state index in [0.29, 0.717) is 5.96 Å². The van der Waals surface area contributed by atoms with Crippen LogP contribution in [0.3, 0.4) is 0 Å². The Hall–Kier alpha value is -0.770. The summed E-state index contributed by atoms with van der Waals surface area (Å²) in [6, 6.07) is 0. The van der Waals surface area contributed by atoms with Crippen molar-refractivity contribution in [1.29, 1.82) is 0 Å². The van der Waals surface area contributed by atoms with Crippen molar-refractivity contribution in [2.24, 2.45) is 16.6 Å². The summed E-state index contributed by atoms with van der Waals surface area (Å²) in [6.07, 6.45) is 4.05. The van der Waals surface area contributed by atoms with E-state index in [4.69, 9.17) is 5.73 Å². The molecule has 0 heterocycles. The molecule has 1 aliphatic carbocycles. The smallest absolute Gasteiger partial charge is 0.188 e. The lowest BCUT2D eigenvalue weighted by molar-refractivity contribution is 0.205. The number of hydrogen-bond acceptors (Lipinski definition) is 2. The highest BCUT2D eigenvalue weighted by atomic mass is 15.2. The minimum absolute atomic E-state index is 0.0583. The van der Waals surface area contributed by atoms with Gasteiger partial charge in [-0.2, -0.15) is 0 Å². The molecule has 0 aromatic rings. The van der Waals surface area contributed by atoms with Crippen LogP contribution in [0.5, 0.6) is 0 Å². The largest absolute Gasteiger partial charge is 0.370 e. The summed E-state index contributed by atoms with van der Waals surface area (Å²) in [4.78, 5) is 6.55. The van der Waals surface area contributed by atoms with Crippen LogP contribution in [-0.4, -0.2) is 43.6 Å². The molecule has 0 radical (unpaired) electrons.